The van der Waals surface area contributed by atoms with Crippen molar-refractivity contribution in [3.63, 3.8) is 0 Å². The number of halogens is 1. The Morgan fingerprint density at radius 2 is 2.05 bits per heavy atom. The molecular weight excluding hydrogens is 259 g/mol. The Morgan fingerprint density at radius 1 is 1.30 bits per heavy atom. The zero-order valence-corrected chi connectivity index (χ0v) is 10.4. The van der Waals surface area contributed by atoms with Gasteiger partial charge in [-0.2, -0.15) is 5.10 Å². The van der Waals surface area contributed by atoms with Gasteiger partial charge in [-0.15, -0.1) is 0 Å². The van der Waals surface area contributed by atoms with E-state index in [1.165, 1.54) is 17.1 Å². The molecular formula is C13H11FN6. The molecule has 0 amide bonds. The van der Waals surface area contributed by atoms with Gasteiger partial charge >= 0.3 is 0 Å². The normalized spacial score (nSPS) is 10.8. The molecule has 0 fully saturated rings. The number of fused-ring (bicyclic) bond motifs is 1. The van der Waals surface area contributed by atoms with Gasteiger partial charge in [-0.05, 0) is 6.07 Å². The van der Waals surface area contributed by atoms with Crippen LogP contribution in [-0.4, -0.2) is 25.6 Å². The lowest BCUT2D eigenvalue weighted by atomic mass is 10.2. The SMILES string of the molecule is N=C(N)c1nn(Cc2cncnc2)c2c(F)cccc12. The first-order chi connectivity index (χ1) is 9.66. The van der Waals surface area contributed by atoms with Crippen LogP contribution < -0.4 is 5.73 Å². The minimum absolute atomic E-state index is 0.191. The van der Waals surface area contributed by atoms with Crippen molar-refractivity contribution in [1.82, 2.24) is 19.7 Å². The van der Waals surface area contributed by atoms with Crippen molar-refractivity contribution in [1.29, 1.82) is 5.41 Å². The number of hydrogen-bond donors (Lipinski definition) is 2. The number of aromatic nitrogens is 4. The molecule has 2 aromatic heterocycles. The van der Waals surface area contributed by atoms with Crippen molar-refractivity contribution in [2.45, 2.75) is 6.54 Å². The van der Waals surface area contributed by atoms with Crippen LogP contribution in [0, 0.1) is 11.2 Å². The van der Waals surface area contributed by atoms with Crippen LogP contribution in [0.4, 0.5) is 4.39 Å². The Kier molecular flexibility index (Phi) is 2.86. The molecule has 0 spiro atoms. The minimum Gasteiger partial charge on any atom is -0.382 e. The third-order valence-corrected chi connectivity index (χ3v) is 2.92. The van der Waals surface area contributed by atoms with E-state index in [9.17, 15) is 4.39 Å². The van der Waals surface area contributed by atoms with Crippen molar-refractivity contribution in [3.05, 3.63) is 54.0 Å². The number of hydrogen-bond acceptors (Lipinski definition) is 4. The number of nitrogen functional groups attached to an aromatic ring is 1. The van der Waals surface area contributed by atoms with Crippen LogP contribution in [-0.2, 0) is 6.54 Å². The maximum Gasteiger partial charge on any atom is 0.149 e. The maximum atomic E-state index is 14.0. The number of rotatable bonds is 3. The van der Waals surface area contributed by atoms with E-state index in [0.717, 1.165) is 5.56 Å². The summed E-state index contributed by atoms with van der Waals surface area (Å²) in [6, 6.07) is 4.62. The second-order valence-corrected chi connectivity index (χ2v) is 4.30. The third kappa shape index (κ3) is 1.99. The van der Waals surface area contributed by atoms with Crippen molar-refractivity contribution >= 4 is 16.7 Å². The highest BCUT2D eigenvalue weighted by molar-refractivity contribution is 6.05. The second kappa shape index (κ2) is 4.69. The average Bonchev–Trinajstić information content (AvgIpc) is 2.80. The first-order valence-electron chi connectivity index (χ1n) is 5.90. The first kappa shape index (κ1) is 12.2. The molecule has 2 heterocycles. The number of nitrogens with two attached hydrogens (primary N) is 1. The van der Waals surface area contributed by atoms with Crippen LogP contribution in [0.15, 0.2) is 36.9 Å². The zero-order valence-electron chi connectivity index (χ0n) is 10.4. The third-order valence-electron chi connectivity index (χ3n) is 2.92. The molecule has 0 unspecified atom stereocenters. The van der Waals surface area contributed by atoms with Gasteiger partial charge in [0.15, 0.2) is 0 Å². The highest BCUT2D eigenvalue weighted by Crippen LogP contribution is 2.22. The largest absolute Gasteiger partial charge is 0.382 e. The molecule has 20 heavy (non-hydrogen) atoms. The van der Waals surface area contributed by atoms with E-state index in [0.29, 0.717) is 17.4 Å². The van der Waals surface area contributed by atoms with Crippen molar-refractivity contribution in [2.75, 3.05) is 0 Å². The molecule has 0 atom stereocenters. The number of amidine groups is 1. The summed E-state index contributed by atoms with van der Waals surface area (Å²) < 4.78 is 15.5. The van der Waals surface area contributed by atoms with E-state index in [2.05, 4.69) is 15.1 Å². The summed E-state index contributed by atoms with van der Waals surface area (Å²) in [5.41, 5.74) is 6.88. The summed E-state index contributed by atoms with van der Waals surface area (Å²) >= 11 is 0. The highest BCUT2D eigenvalue weighted by Gasteiger charge is 2.16. The molecule has 3 aromatic rings. The number of nitrogens with one attached hydrogen (secondary N) is 1. The molecule has 3 N–H and O–H groups in total. The van der Waals surface area contributed by atoms with E-state index in [4.69, 9.17) is 11.1 Å². The monoisotopic (exact) mass is 270 g/mol. The van der Waals surface area contributed by atoms with E-state index in [1.54, 1.807) is 24.5 Å². The minimum atomic E-state index is -0.403. The van der Waals surface area contributed by atoms with Gasteiger partial charge in [0, 0.05) is 23.3 Å². The van der Waals surface area contributed by atoms with E-state index >= 15 is 0 Å². The topological polar surface area (TPSA) is 93.5 Å². The first-order valence-corrected chi connectivity index (χ1v) is 5.90. The lowest BCUT2D eigenvalue weighted by Gasteiger charge is -2.03. The highest BCUT2D eigenvalue weighted by atomic mass is 19.1. The Bertz CT molecular complexity index is 780. The second-order valence-electron chi connectivity index (χ2n) is 4.30. The quantitative estimate of drug-likeness (QED) is 0.554. The summed E-state index contributed by atoms with van der Waals surface area (Å²) in [5.74, 6) is -0.594. The molecule has 0 saturated carbocycles. The molecule has 6 nitrogen and oxygen atoms in total. The summed E-state index contributed by atoms with van der Waals surface area (Å²) in [6.45, 7) is 0.311. The molecule has 0 saturated heterocycles. The summed E-state index contributed by atoms with van der Waals surface area (Å²) in [4.78, 5) is 7.82. The molecule has 100 valence electrons. The molecule has 0 bridgehead atoms. The van der Waals surface area contributed by atoms with Gasteiger partial charge in [-0.3, -0.25) is 10.1 Å². The molecule has 0 radical (unpaired) electrons. The Labute approximate surface area is 113 Å². The average molecular weight is 270 g/mol. The van der Waals surface area contributed by atoms with Gasteiger partial charge in [0.25, 0.3) is 0 Å². The fourth-order valence-corrected chi connectivity index (χ4v) is 2.09. The summed E-state index contributed by atoms with van der Waals surface area (Å²) in [6.07, 6.45) is 4.69. The van der Waals surface area contributed by atoms with Crippen LogP contribution in [0.25, 0.3) is 10.9 Å². The van der Waals surface area contributed by atoms with Gasteiger partial charge in [-0.25, -0.2) is 14.4 Å². The van der Waals surface area contributed by atoms with Crippen molar-refractivity contribution in [3.8, 4) is 0 Å². The van der Waals surface area contributed by atoms with Crippen LogP contribution in [0.5, 0.6) is 0 Å². The molecule has 7 heteroatoms. The maximum absolute atomic E-state index is 14.0. The molecule has 3 rings (SSSR count). The van der Waals surface area contributed by atoms with Crippen molar-refractivity contribution < 1.29 is 4.39 Å². The van der Waals surface area contributed by atoms with E-state index in [-0.39, 0.29) is 11.5 Å². The van der Waals surface area contributed by atoms with E-state index in [1.807, 2.05) is 0 Å². The Morgan fingerprint density at radius 3 is 2.75 bits per heavy atom. The van der Waals surface area contributed by atoms with E-state index < -0.39 is 5.82 Å². The van der Waals surface area contributed by atoms with Crippen LogP contribution in [0.1, 0.15) is 11.3 Å². The molecule has 0 aliphatic rings. The lowest BCUT2D eigenvalue weighted by molar-refractivity contribution is 0.615. The number of para-hydroxylation sites is 1. The lowest BCUT2D eigenvalue weighted by Crippen LogP contribution is -2.13. The van der Waals surface area contributed by atoms with Crippen LogP contribution >= 0.6 is 0 Å². The molecule has 0 aliphatic heterocycles. The Balaban J connectivity index is 2.18. The predicted octanol–water partition coefficient (Wildman–Crippen LogP) is 1.30. The van der Waals surface area contributed by atoms with Gasteiger partial charge < -0.3 is 5.73 Å². The van der Waals surface area contributed by atoms with Gasteiger partial charge in [0.1, 0.15) is 29.2 Å². The van der Waals surface area contributed by atoms with Gasteiger partial charge in [0.05, 0.1) is 6.54 Å². The standard InChI is InChI=1S/C13H11FN6/c14-10-3-1-2-9-11(13(15)16)19-20(12(9)10)6-8-4-17-7-18-5-8/h1-5,7H,6H2,(H3,15,16). The molecule has 1 aromatic carbocycles. The smallest absolute Gasteiger partial charge is 0.149 e. The Hall–Kier alpha value is -2.83. The van der Waals surface area contributed by atoms with Crippen molar-refractivity contribution in [2.24, 2.45) is 5.73 Å². The summed E-state index contributed by atoms with van der Waals surface area (Å²) in [7, 11) is 0. The van der Waals surface area contributed by atoms with Crippen LogP contribution in [0.2, 0.25) is 0 Å². The molecule has 0 aliphatic carbocycles. The van der Waals surface area contributed by atoms with Crippen LogP contribution in [0.3, 0.4) is 0 Å². The van der Waals surface area contributed by atoms with Gasteiger partial charge in [0.2, 0.25) is 0 Å². The zero-order chi connectivity index (χ0) is 14.1. The number of nitrogens with zero attached hydrogens (tertiary/aromatic N) is 4. The fraction of sp³-hybridized carbons (Fsp3) is 0.0769. The predicted molar refractivity (Wildman–Crippen MR) is 71.8 cm³/mol. The summed E-state index contributed by atoms with van der Waals surface area (Å²) in [5, 5.41) is 12.3. The fourth-order valence-electron chi connectivity index (χ4n) is 2.09. The number of benzene rings is 1. The van der Waals surface area contributed by atoms with Gasteiger partial charge in [-0.1, -0.05) is 12.1 Å².